The summed E-state index contributed by atoms with van der Waals surface area (Å²) in [6.07, 6.45) is 1.74. The minimum atomic E-state index is 0.588. The molecule has 1 aromatic carbocycles. The monoisotopic (exact) mass is 335 g/mol. The Balaban J connectivity index is 2.39. The number of aromatic amines is 1. The van der Waals surface area contributed by atoms with Gasteiger partial charge in [0.2, 0.25) is 0 Å². The number of rotatable bonds is 2. The number of hydrogen-bond acceptors (Lipinski definition) is 3. The Morgan fingerprint density at radius 2 is 2.21 bits per heavy atom. The van der Waals surface area contributed by atoms with Crippen molar-refractivity contribution in [2.75, 3.05) is 7.11 Å². The number of nitrogens with zero attached hydrogens (tertiary/aromatic N) is 2. The molecule has 0 atom stereocenters. The van der Waals surface area contributed by atoms with E-state index in [9.17, 15) is 0 Å². The second kappa shape index (κ2) is 4.79. The van der Waals surface area contributed by atoms with Crippen LogP contribution in [0, 0.1) is 4.77 Å². The topological polar surface area (TPSA) is 42.8 Å². The van der Waals surface area contributed by atoms with Gasteiger partial charge in [-0.05, 0) is 42.5 Å². The molecule has 19 heavy (non-hydrogen) atoms. The van der Waals surface area contributed by atoms with Gasteiger partial charge in [-0.1, -0.05) is 15.9 Å². The Kier molecular flexibility index (Phi) is 3.12. The van der Waals surface area contributed by atoms with Gasteiger partial charge in [0, 0.05) is 10.7 Å². The number of halogens is 1. The fourth-order valence-electron chi connectivity index (χ4n) is 2.00. The van der Waals surface area contributed by atoms with Crippen molar-refractivity contribution in [3.63, 3.8) is 0 Å². The lowest BCUT2D eigenvalue weighted by molar-refractivity contribution is 0.413. The van der Waals surface area contributed by atoms with Gasteiger partial charge in [0.05, 0.1) is 18.3 Å². The van der Waals surface area contributed by atoms with Gasteiger partial charge in [-0.3, -0.25) is 4.57 Å². The van der Waals surface area contributed by atoms with Crippen LogP contribution < -0.4 is 4.74 Å². The van der Waals surface area contributed by atoms with Gasteiger partial charge in [0.15, 0.2) is 10.4 Å². The number of methoxy groups -OCH3 is 1. The highest BCUT2D eigenvalue weighted by molar-refractivity contribution is 9.10. The molecule has 0 aliphatic carbocycles. The van der Waals surface area contributed by atoms with E-state index in [2.05, 4.69) is 25.9 Å². The molecule has 0 radical (unpaired) electrons. The number of H-pyrrole nitrogens is 1. The predicted molar refractivity (Wildman–Crippen MR) is 80.5 cm³/mol. The summed E-state index contributed by atoms with van der Waals surface area (Å²) in [4.78, 5) is 7.52. The van der Waals surface area contributed by atoms with Crippen molar-refractivity contribution in [2.24, 2.45) is 0 Å². The number of fused-ring (bicyclic) bond motifs is 1. The van der Waals surface area contributed by atoms with Crippen LogP contribution in [0.25, 0.3) is 16.9 Å². The third-order valence-electron chi connectivity index (χ3n) is 2.82. The summed E-state index contributed by atoms with van der Waals surface area (Å²) in [6.45, 7) is 0. The highest BCUT2D eigenvalue weighted by Crippen LogP contribution is 2.29. The maximum Gasteiger partial charge on any atom is 0.184 e. The van der Waals surface area contributed by atoms with Crippen LogP contribution in [0.1, 0.15) is 0 Å². The van der Waals surface area contributed by atoms with E-state index < -0.39 is 0 Å². The standard InChI is InChI=1S/C13H10BrN3OS/c1-18-11-5-4-8(14)7-10(11)17-12-9(16-13(17)19)3-2-6-15-12/h2-7H,1H3,(H,16,19). The molecule has 2 heterocycles. The van der Waals surface area contributed by atoms with Gasteiger partial charge in [-0.2, -0.15) is 0 Å². The van der Waals surface area contributed by atoms with Gasteiger partial charge in [-0.15, -0.1) is 0 Å². The molecule has 4 nitrogen and oxygen atoms in total. The van der Waals surface area contributed by atoms with Crippen molar-refractivity contribution >= 4 is 39.3 Å². The van der Waals surface area contributed by atoms with Crippen LogP contribution in [0.4, 0.5) is 0 Å². The smallest absolute Gasteiger partial charge is 0.184 e. The molecule has 3 rings (SSSR count). The first-order chi connectivity index (χ1) is 9.20. The lowest BCUT2D eigenvalue weighted by atomic mass is 10.3. The molecular weight excluding hydrogens is 326 g/mol. The van der Waals surface area contributed by atoms with E-state index in [1.54, 1.807) is 13.3 Å². The average molecular weight is 336 g/mol. The van der Waals surface area contributed by atoms with Crippen LogP contribution in [0.5, 0.6) is 5.75 Å². The summed E-state index contributed by atoms with van der Waals surface area (Å²) in [7, 11) is 1.64. The molecule has 0 unspecified atom stereocenters. The van der Waals surface area contributed by atoms with Gasteiger partial charge in [0.1, 0.15) is 5.75 Å². The summed E-state index contributed by atoms with van der Waals surface area (Å²) in [5.74, 6) is 0.742. The van der Waals surface area contributed by atoms with Crippen molar-refractivity contribution in [3.05, 3.63) is 45.8 Å². The number of benzene rings is 1. The van der Waals surface area contributed by atoms with Crippen molar-refractivity contribution in [3.8, 4) is 11.4 Å². The first kappa shape index (κ1) is 12.4. The quantitative estimate of drug-likeness (QED) is 0.723. The highest BCUT2D eigenvalue weighted by atomic mass is 79.9. The number of ether oxygens (including phenoxy) is 1. The fourth-order valence-corrected chi connectivity index (χ4v) is 2.65. The predicted octanol–water partition coefficient (Wildman–Crippen LogP) is 3.85. The molecule has 96 valence electrons. The summed E-state index contributed by atoms with van der Waals surface area (Å²) in [6, 6.07) is 9.59. The fraction of sp³-hybridized carbons (Fsp3) is 0.0769. The molecule has 0 bridgehead atoms. The van der Waals surface area contributed by atoms with E-state index in [1.165, 1.54) is 0 Å². The summed E-state index contributed by atoms with van der Waals surface area (Å²) < 4.78 is 8.81. The van der Waals surface area contributed by atoms with Crippen LogP contribution in [0.3, 0.4) is 0 Å². The van der Waals surface area contributed by atoms with Gasteiger partial charge < -0.3 is 9.72 Å². The number of imidazole rings is 1. The Labute approximate surface area is 123 Å². The minimum Gasteiger partial charge on any atom is -0.495 e. The zero-order chi connectivity index (χ0) is 13.4. The molecule has 0 spiro atoms. The molecule has 6 heteroatoms. The summed E-state index contributed by atoms with van der Waals surface area (Å²) >= 11 is 8.85. The molecular formula is C13H10BrN3OS. The maximum atomic E-state index is 5.40. The second-order valence-electron chi connectivity index (χ2n) is 3.96. The van der Waals surface area contributed by atoms with Crippen LogP contribution in [-0.2, 0) is 0 Å². The Morgan fingerprint density at radius 3 is 3.00 bits per heavy atom. The number of aromatic nitrogens is 3. The SMILES string of the molecule is COc1ccc(Br)cc1-n1c(=S)[nH]c2cccnc21. The van der Waals surface area contributed by atoms with E-state index in [4.69, 9.17) is 17.0 Å². The normalized spacial score (nSPS) is 10.8. The minimum absolute atomic E-state index is 0.588. The lowest BCUT2D eigenvalue weighted by Crippen LogP contribution is -1.99. The van der Waals surface area contributed by atoms with E-state index in [-0.39, 0.29) is 0 Å². The molecule has 0 saturated carbocycles. The third-order valence-corrected chi connectivity index (χ3v) is 3.60. The number of hydrogen-bond donors (Lipinski definition) is 1. The van der Waals surface area contributed by atoms with Gasteiger partial charge in [0.25, 0.3) is 0 Å². The maximum absolute atomic E-state index is 5.40. The summed E-state index contributed by atoms with van der Waals surface area (Å²) in [5, 5.41) is 0. The third kappa shape index (κ3) is 2.06. The lowest BCUT2D eigenvalue weighted by Gasteiger charge is -2.10. The molecule has 0 aliphatic rings. The molecule has 0 amide bonds. The van der Waals surface area contributed by atoms with Crippen molar-refractivity contribution < 1.29 is 4.74 Å². The van der Waals surface area contributed by atoms with E-state index in [1.807, 2.05) is 34.9 Å². The van der Waals surface area contributed by atoms with Gasteiger partial charge in [-0.25, -0.2) is 4.98 Å². The Bertz CT molecular complexity index is 809. The van der Waals surface area contributed by atoms with Crippen LogP contribution in [0.2, 0.25) is 0 Å². The van der Waals surface area contributed by atoms with E-state index >= 15 is 0 Å². The van der Waals surface area contributed by atoms with Crippen molar-refractivity contribution in [2.45, 2.75) is 0 Å². The first-order valence-corrected chi connectivity index (χ1v) is 6.80. The van der Waals surface area contributed by atoms with E-state index in [0.717, 1.165) is 27.1 Å². The first-order valence-electron chi connectivity index (χ1n) is 5.60. The molecule has 0 saturated heterocycles. The zero-order valence-corrected chi connectivity index (χ0v) is 12.5. The molecule has 0 aliphatic heterocycles. The second-order valence-corrected chi connectivity index (χ2v) is 5.26. The zero-order valence-electron chi connectivity index (χ0n) is 10.1. The van der Waals surface area contributed by atoms with Crippen molar-refractivity contribution in [1.29, 1.82) is 0 Å². The Hall–Kier alpha value is -1.66. The number of pyridine rings is 1. The Morgan fingerprint density at radius 1 is 1.37 bits per heavy atom. The van der Waals surface area contributed by atoms with Gasteiger partial charge >= 0.3 is 0 Å². The number of nitrogens with one attached hydrogen (secondary N) is 1. The highest BCUT2D eigenvalue weighted by Gasteiger charge is 2.12. The molecule has 1 N–H and O–H groups in total. The van der Waals surface area contributed by atoms with Crippen molar-refractivity contribution in [1.82, 2.24) is 14.5 Å². The molecule has 3 aromatic rings. The summed E-state index contributed by atoms with van der Waals surface area (Å²) in [5.41, 5.74) is 2.53. The van der Waals surface area contributed by atoms with E-state index in [0.29, 0.717) is 4.77 Å². The van der Waals surface area contributed by atoms with Crippen LogP contribution in [0.15, 0.2) is 41.0 Å². The molecule has 0 fully saturated rings. The molecule has 2 aromatic heterocycles. The van der Waals surface area contributed by atoms with Crippen LogP contribution >= 0.6 is 28.1 Å². The van der Waals surface area contributed by atoms with Crippen LogP contribution in [-0.4, -0.2) is 21.6 Å². The largest absolute Gasteiger partial charge is 0.495 e. The average Bonchev–Trinajstić information content (AvgIpc) is 2.74.